The van der Waals surface area contributed by atoms with Crippen molar-refractivity contribution in [2.24, 2.45) is 0 Å². The Balaban J connectivity index is 2.15. The monoisotopic (exact) mass is 321 g/mol. The number of anilines is 1. The van der Waals surface area contributed by atoms with Crippen LogP contribution in [0.3, 0.4) is 0 Å². The minimum atomic E-state index is 0.385. The molecule has 0 saturated carbocycles. The first kappa shape index (κ1) is 15.9. The van der Waals surface area contributed by atoms with Crippen LogP contribution in [0, 0.1) is 11.8 Å². The molecule has 0 unspecified atom stereocenters. The van der Waals surface area contributed by atoms with Gasteiger partial charge in [0.1, 0.15) is 17.9 Å². The summed E-state index contributed by atoms with van der Waals surface area (Å²) in [6.45, 7) is 2.14. The molecule has 0 spiro atoms. The topological polar surface area (TPSA) is 74.2 Å². The van der Waals surface area contributed by atoms with Crippen LogP contribution in [0.4, 0.5) is 5.82 Å². The van der Waals surface area contributed by atoms with Crippen molar-refractivity contribution in [3.63, 3.8) is 0 Å². The van der Waals surface area contributed by atoms with Gasteiger partial charge in [-0.15, -0.1) is 0 Å². The summed E-state index contributed by atoms with van der Waals surface area (Å²) < 4.78 is 11.1. The second-order valence-corrected chi connectivity index (χ2v) is 5.38. The zero-order valence-electron chi connectivity index (χ0n) is 13.8. The number of hydrogen-bond acceptors (Lipinski definition) is 5. The van der Waals surface area contributed by atoms with Gasteiger partial charge in [0.05, 0.1) is 12.5 Å². The number of ether oxygens (including phenoxy) is 1. The molecule has 0 atom stereocenters. The Bertz CT molecular complexity index is 902. The van der Waals surface area contributed by atoms with Gasteiger partial charge in [-0.25, -0.2) is 9.97 Å². The molecule has 0 saturated heterocycles. The highest BCUT2D eigenvalue weighted by Gasteiger charge is 2.18. The molecular weight excluding hydrogens is 302 g/mol. The van der Waals surface area contributed by atoms with Crippen LogP contribution >= 0.6 is 0 Å². The van der Waals surface area contributed by atoms with Gasteiger partial charge in [0.25, 0.3) is 0 Å². The fraction of sp³-hybridized carbons (Fsp3) is 0.263. The van der Waals surface area contributed by atoms with E-state index < -0.39 is 0 Å². The highest BCUT2D eigenvalue weighted by molar-refractivity contribution is 6.01. The zero-order chi connectivity index (χ0) is 16.9. The minimum Gasteiger partial charge on any atom is -0.497 e. The standard InChI is InChI=1S/C19H19N3O2/c1-3-4-5-6-7-15-16(13-8-10-14(23-2)11-9-13)17-18(20)21-12-22-19(17)24-15/h8-12H,3-5H2,1-2H3,(H2,20,21,22). The van der Waals surface area contributed by atoms with E-state index in [1.807, 2.05) is 24.3 Å². The van der Waals surface area contributed by atoms with Gasteiger partial charge in [0.2, 0.25) is 5.71 Å². The lowest BCUT2D eigenvalue weighted by molar-refractivity contribution is 0.415. The third-order valence-corrected chi connectivity index (χ3v) is 3.75. The summed E-state index contributed by atoms with van der Waals surface area (Å²) in [5, 5.41) is 0.697. The Kier molecular flexibility index (Phi) is 4.66. The van der Waals surface area contributed by atoms with Gasteiger partial charge in [0, 0.05) is 12.0 Å². The van der Waals surface area contributed by atoms with Gasteiger partial charge in [-0.2, -0.15) is 0 Å². The van der Waals surface area contributed by atoms with E-state index in [-0.39, 0.29) is 0 Å². The van der Waals surface area contributed by atoms with Crippen LogP contribution in [-0.2, 0) is 0 Å². The number of methoxy groups -OCH3 is 1. The third-order valence-electron chi connectivity index (χ3n) is 3.75. The van der Waals surface area contributed by atoms with Crippen molar-refractivity contribution in [3.05, 3.63) is 36.4 Å². The van der Waals surface area contributed by atoms with Crippen LogP contribution in [0.15, 0.2) is 35.0 Å². The Morgan fingerprint density at radius 3 is 2.71 bits per heavy atom. The number of nitrogens with two attached hydrogens (primary N) is 1. The van der Waals surface area contributed by atoms with Crippen LogP contribution in [0.1, 0.15) is 31.9 Å². The smallest absolute Gasteiger partial charge is 0.233 e. The molecule has 122 valence electrons. The normalized spacial score (nSPS) is 10.4. The van der Waals surface area contributed by atoms with Gasteiger partial charge < -0.3 is 14.9 Å². The predicted molar refractivity (Wildman–Crippen MR) is 94.6 cm³/mol. The first-order valence-corrected chi connectivity index (χ1v) is 7.90. The molecule has 0 bridgehead atoms. The molecule has 1 aromatic carbocycles. The molecule has 24 heavy (non-hydrogen) atoms. The molecule has 0 aliphatic heterocycles. The Labute approximate surface area is 140 Å². The molecule has 2 aromatic heterocycles. The first-order chi connectivity index (χ1) is 11.7. The van der Waals surface area contributed by atoms with Crippen molar-refractivity contribution in [3.8, 4) is 28.7 Å². The molecule has 5 nitrogen and oxygen atoms in total. The number of nitrogen functional groups attached to an aromatic ring is 1. The lowest BCUT2D eigenvalue weighted by Crippen LogP contribution is -1.92. The second kappa shape index (κ2) is 7.05. The quantitative estimate of drug-likeness (QED) is 0.580. The molecule has 5 heteroatoms. The van der Waals surface area contributed by atoms with Crippen molar-refractivity contribution in [1.82, 2.24) is 9.97 Å². The van der Waals surface area contributed by atoms with Crippen molar-refractivity contribution in [2.45, 2.75) is 26.2 Å². The van der Waals surface area contributed by atoms with Gasteiger partial charge in [-0.3, -0.25) is 0 Å². The lowest BCUT2D eigenvalue weighted by atomic mass is 10.0. The summed E-state index contributed by atoms with van der Waals surface area (Å²) in [5.74, 6) is 8.02. The largest absolute Gasteiger partial charge is 0.497 e. The summed E-state index contributed by atoms with van der Waals surface area (Å²) >= 11 is 0. The molecule has 0 aliphatic carbocycles. The van der Waals surface area contributed by atoms with Crippen LogP contribution in [0.2, 0.25) is 0 Å². The minimum absolute atomic E-state index is 0.385. The number of fused-ring (bicyclic) bond motifs is 1. The van der Waals surface area contributed by atoms with Crippen LogP contribution in [0.25, 0.3) is 22.2 Å². The van der Waals surface area contributed by atoms with Crippen molar-refractivity contribution < 1.29 is 9.15 Å². The summed E-state index contributed by atoms with van der Waals surface area (Å²) in [7, 11) is 1.64. The van der Waals surface area contributed by atoms with Gasteiger partial charge in [0.15, 0.2) is 5.76 Å². The Morgan fingerprint density at radius 1 is 1.21 bits per heavy atom. The maximum absolute atomic E-state index is 6.06. The van der Waals surface area contributed by atoms with E-state index in [2.05, 4.69) is 28.7 Å². The number of aromatic nitrogens is 2. The van der Waals surface area contributed by atoms with Crippen molar-refractivity contribution >= 4 is 16.9 Å². The summed E-state index contributed by atoms with van der Waals surface area (Å²) in [6, 6.07) is 7.68. The van der Waals surface area contributed by atoms with E-state index in [1.54, 1.807) is 7.11 Å². The van der Waals surface area contributed by atoms with E-state index in [9.17, 15) is 0 Å². The van der Waals surface area contributed by atoms with Gasteiger partial charge in [-0.1, -0.05) is 31.4 Å². The maximum atomic E-state index is 6.06. The fourth-order valence-corrected chi connectivity index (χ4v) is 2.48. The molecule has 0 aliphatic rings. The molecule has 0 fully saturated rings. The molecule has 2 heterocycles. The van der Waals surface area contributed by atoms with E-state index in [1.165, 1.54) is 6.33 Å². The molecule has 3 aromatic rings. The number of nitrogens with zero attached hydrogens (tertiary/aromatic N) is 2. The number of unbranched alkanes of at least 4 members (excludes halogenated alkanes) is 2. The Morgan fingerprint density at radius 2 is 2.00 bits per heavy atom. The van der Waals surface area contributed by atoms with Crippen molar-refractivity contribution in [2.75, 3.05) is 12.8 Å². The highest BCUT2D eigenvalue weighted by Crippen LogP contribution is 2.36. The SMILES string of the molecule is CCCCC#Cc1oc2ncnc(N)c2c1-c1ccc(OC)cc1. The maximum Gasteiger partial charge on any atom is 0.233 e. The van der Waals surface area contributed by atoms with Gasteiger partial charge in [-0.05, 0) is 30.0 Å². The highest BCUT2D eigenvalue weighted by atomic mass is 16.5. The number of hydrogen-bond donors (Lipinski definition) is 1. The van der Waals surface area contributed by atoms with Gasteiger partial charge >= 0.3 is 0 Å². The fourth-order valence-electron chi connectivity index (χ4n) is 2.48. The van der Waals surface area contributed by atoms with E-state index in [4.69, 9.17) is 14.9 Å². The summed E-state index contributed by atoms with van der Waals surface area (Å²) in [5.41, 5.74) is 8.28. The molecule has 0 radical (unpaired) electrons. The predicted octanol–water partition coefficient (Wildman–Crippen LogP) is 4.02. The molecular formula is C19H19N3O2. The number of benzene rings is 1. The first-order valence-electron chi connectivity index (χ1n) is 7.90. The average molecular weight is 321 g/mol. The van der Waals surface area contributed by atoms with Crippen LogP contribution in [-0.4, -0.2) is 17.1 Å². The Hall–Kier alpha value is -3.00. The van der Waals surface area contributed by atoms with Crippen LogP contribution in [0.5, 0.6) is 5.75 Å². The summed E-state index contributed by atoms with van der Waals surface area (Å²) in [6.07, 6.45) is 4.40. The van der Waals surface area contributed by atoms with Crippen LogP contribution < -0.4 is 10.5 Å². The molecule has 0 amide bonds. The van der Waals surface area contributed by atoms with Crippen molar-refractivity contribution in [1.29, 1.82) is 0 Å². The lowest BCUT2D eigenvalue weighted by Gasteiger charge is -2.03. The van der Waals surface area contributed by atoms with E-state index >= 15 is 0 Å². The number of rotatable bonds is 4. The zero-order valence-corrected chi connectivity index (χ0v) is 13.8. The summed E-state index contributed by atoms with van der Waals surface area (Å²) in [4.78, 5) is 8.26. The van der Waals surface area contributed by atoms with E-state index in [0.29, 0.717) is 22.7 Å². The molecule has 3 rings (SSSR count). The number of furan rings is 1. The second-order valence-electron chi connectivity index (χ2n) is 5.38. The average Bonchev–Trinajstić information content (AvgIpc) is 2.98. The van der Waals surface area contributed by atoms with E-state index in [0.717, 1.165) is 36.1 Å². The molecule has 2 N–H and O–H groups in total. The third kappa shape index (κ3) is 3.04.